The van der Waals surface area contributed by atoms with Gasteiger partial charge >= 0.3 is 0 Å². The van der Waals surface area contributed by atoms with Gasteiger partial charge < -0.3 is 15.0 Å². The molecule has 2 N–H and O–H groups in total. The molecule has 1 unspecified atom stereocenters. The Morgan fingerprint density at radius 2 is 1.95 bits per heavy atom. The zero-order valence-electron chi connectivity index (χ0n) is 11.7. The lowest BCUT2D eigenvalue weighted by molar-refractivity contribution is 0.242. The topological polar surface area (TPSA) is 74.2 Å². The first-order chi connectivity index (χ1) is 9.63. The maximum absolute atomic E-state index is 6.18. The quantitative estimate of drug-likeness (QED) is 0.906. The van der Waals surface area contributed by atoms with E-state index in [0.29, 0.717) is 11.7 Å². The molecular formula is C15H19N3O2. The van der Waals surface area contributed by atoms with Crippen molar-refractivity contribution in [3.63, 3.8) is 0 Å². The van der Waals surface area contributed by atoms with E-state index in [0.717, 1.165) is 30.0 Å². The lowest BCUT2D eigenvalue weighted by atomic mass is 10.1. The van der Waals surface area contributed by atoms with Crippen LogP contribution in [-0.4, -0.2) is 16.2 Å². The Morgan fingerprint density at radius 1 is 1.25 bits per heavy atom. The summed E-state index contributed by atoms with van der Waals surface area (Å²) in [5.41, 5.74) is 7.12. The minimum atomic E-state index is -0.362. The Morgan fingerprint density at radius 3 is 2.55 bits per heavy atom. The number of benzene rings is 1. The van der Waals surface area contributed by atoms with Gasteiger partial charge in [0.05, 0.1) is 12.1 Å². The fourth-order valence-corrected chi connectivity index (χ4v) is 2.04. The summed E-state index contributed by atoms with van der Waals surface area (Å²) >= 11 is 0. The molecule has 1 aromatic carbocycles. The third-order valence-corrected chi connectivity index (χ3v) is 3.27. The van der Waals surface area contributed by atoms with Gasteiger partial charge in [-0.15, -0.1) is 0 Å². The average Bonchev–Trinajstić information content (AvgIpc) is 3.16. The number of hydrogen-bond donors (Lipinski definition) is 1. The zero-order valence-corrected chi connectivity index (χ0v) is 11.7. The molecule has 0 aliphatic heterocycles. The number of nitrogens with zero attached hydrogens (tertiary/aromatic N) is 2. The summed E-state index contributed by atoms with van der Waals surface area (Å²) in [7, 11) is 0. The van der Waals surface area contributed by atoms with Gasteiger partial charge in [-0.1, -0.05) is 17.3 Å². The second-order valence-corrected chi connectivity index (χ2v) is 5.48. The average molecular weight is 273 g/mol. The van der Waals surface area contributed by atoms with Crippen molar-refractivity contribution in [2.45, 2.75) is 44.8 Å². The summed E-state index contributed by atoms with van der Waals surface area (Å²) in [5, 5.41) is 3.98. The van der Waals surface area contributed by atoms with Gasteiger partial charge in [0.25, 0.3) is 0 Å². The molecule has 1 aromatic heterocycles. The molecule has 5 heteroatoms. The predicted molar refractivity (Wildman–Crippen MR) is 74.5 cm³/mol. The molecule has 1 atom stereocenters. The highest BCUT2D eigenvalue weighted by Crippen LogP contribution is 2.39. The number of aromatic nitrogens is 2. The van der Waals surface area contributed by atoms with E-state index in [4.69, 9.17) is 15.0 Å². The molecule has 0 bridgehead atoms. The highest BCUT2D eigenvalue weighted by molar-refractivity contribution is 5.31. The first-order valence-corrected chi connectivity index (χ1v) is 6.99. The molecule has 0 saturated heterocycles. The second-order valence-electron chi connectivity index (χ2n) is 5.48. The van der Waals surface area contributed by atoms with Gasteiger partial charge in [-0.05, 0) is 44.4 Å². The molecule has 1 aliphatic carbocycles. The first kappa shape index (κ1) is 13.1. The second kappa shape index (κ2) is 5.25. The van der Waals surface area contributed by atoms with E-state index in [9.17, 15) is 0 Å². The van der Waals surface area contributed by atoms with Gasteiger partial charge in [0.15, 0.2) is 5.82 Å². The van der Waals surface area contributed by atoms with Crippen LogP contribution in [0.3, 0.4) is 0 Å². The van der Waals surface area contributed by atoms with Crippen molar-refractivity contribution in [1.82, 2.24) is 10.1 Å². The highest BCUT2D eigenvalue weighted by Gasteiger charge is 2.30. The summed E-state index contributed by atoms with van der Waals surface area (Å²) in [6.45, 7) is 4.00. The molecule has 1 fully saturated rings. The van der Waals surface area contributed by atoms with Crippen LogP contribution in [0.1, 0.15) is 55.9 Å². The van der Waals surface area contributed by atoms with Crippen LogP contribution < -0.4 is 10.5 Å². The Labute approximate surface area is 118 Å². The van der Waals surface area contributed by atoms with Crippen LogP contribution in [0.2, 0.25) is 0 Å². The summed E-state index contributed by atoms with van der Waals surface area (Å²) in [6, 6.07) is 7.35. The number of ether oxygens (including phenoxy) is 1. The molecule has 106 valence electrons. The molecule has 0 spiro atoms. The van der Waals surface area contributed by atoms with Crippen LogP contribution >= 0.6 is 0 Å². The van der Waals surface area contributed by atoms with Crippen molar-refractivity contribution in [2.75, 3.05) is 0 Å². The Kier molecular flexibility index (Phi) is 3.44. The summed E-state index contributed by atoms with van der Waals surface area (Å²) < 4.78 is 10.8. The van der Waals surface area contributed by atoms with Crippen LogP contribution in [0, 0.1) is 0 Å². The fourth-order valence-electron chi connectivity index (χ4n) is 2.04. The van der Waals surface area contributed by atoms with Crippen LogP contribution in [0.4, 0.5) is 0 Å². The minimum absolute atomic E-state index is 0.160. The number of rotatable bonds is 5. The molecule has 0 radical (unpaired) electrons. The van der Waals surface area contributed by atoms with Crippen molar-refractivity contribution in [3.8, 4) is 5.75 Å². The number of nitrogens with two attached hydrogens (primary N) is 1. The van der Waals surface area contributed by atoms with Crippen LogP contribution in [0.15, 0.2) is 28.8 Å². The van der Waals surface area contributed by atoms with E-state index >= 15 is 0 Å². The molecule has 20 heavy (non-hydrogen) atoms. The van der Waals surface area contributed by atoms with Crippen LogP contribution in [0.25, 0.3) is 0 Å². The van der Waals surface area contributed by atoms with E-state index in [-0.39, 0.29) is 12.1 Å². The molecule has 0 amide bonds. The van der Waals surface area contributed by atoms with E-state index in [1.807, 2.05) is 38.1 Å². The monoisotopic (exact) mass is 273 g/mol. The fraction of sp³-hybridized carbons (Fsp3) is 0.467. The zero-order chi connectivity index (χ0) is 14.1. The molecule has 1 heterocycles. The van der Waals surface area contributed by atoms with Crippen molar-refractivity contribution < 1.29 is 9.26 Å². The molecule has 3 rings (SSSR count). The third-order valence-electron chi connectivity index (χ3n) is 3.27. The van der Waals surface area contributed by atoms with E-state index in [1.165, 1.54) is 0 Å². The van der Waals surface area contributed by atoms with Gasteiger partial charge in [-0.25, -0.2) is 0 Å². The Balaban J connectivity index is 1.73. The third kappa shape index (κ3) is 2.82. The minimum Gasteiger partial charge on any atom is -0.491 e. The molecule has 2 aromatic rings. The Bertz CT molecular complexity index is 573. The van der Waals surface area contributed by atoms with Gasteiger partial charge in [0.2, 0.25) is 5.89 Å². The standard InChI is InChI=1S/C15H19N3O2/c1-9(2)19-12-7-5-10(6-8-12)13(16)14-17-15(20-18-14)11-3-4-11/h5-9,11,13H,3-4,16H2,1-2H3. The van der Waals surface area contributed by atoms with Crippen molar-refractivity contribution in [1.29, 1.82) is 0 Å². The van der Waals surface area contributed by atoms with E-state index < -0.39 is 0 Å². The normalized spacial score (nSPS) is 16.4. The predicted octanol–water partition coefficient (Wildman–Crippen LogP) is 2.78. The van der Waals surface area contributed by atoms with Crippen LogP contribution in [-0.2, 0) is 0 Å². The van der Waals surface area contributed by atoms with Gasteiger partial charge in [0, 0.05) is 5.92 Å². The molecule has 5 nitrogen and oxygen atoms in total. The number of hydrogen-bond acceptors (Lipinski definition) is 5. The molecule has 1 aliphatic rings. The summed E-state index contributed by atoms with van der Waals surface area (Å²) in [5.74, 6) is 2.55. The smallest absolute Gasteiger partial charge is 0.229 e. The largest absolute Gasteiger partial charge is 0.491 e. The maximum Gasteiger partial charge on any atom is 0.229 e. The van der Waals surface area contributed by atoms with E-state index in [1.54, 1.807) is 0 Å². The highest BCUT2D eigenvalue weighted by atomic mass is 16.5. The molecular weight excluding hydrogens is 254 g/mol. The molecule has 1 saturated carbocycles. The summed E-state index contributed by atoms with van der Waals surface area (Å²) in [4.78, 5) is 4.39. The Hall–Kier alpha value is -1.88. The van der Waals surface area contributed by atoms with Gasteiger partial charge in [-0.2, -0.15) is 4.98 Å². The lowest BCUT2D eigenvalue weighted by Gasteiger charge is -2.11. The van der Waals surface area contributed by atoms with E-state index in [2.05, 4.69) is 10.1 Å². The lowest BCUT2D eigenvalue weighted by Crippen LogP contribution is -2.13. The van der Waals surface area contributed by atoms with Crippen molar-refractivity contribution in [2.24, 2.45) is 5.73 Å². The van der Waals surface area contributed by atoms with Gasteiger partial charge in [0.1, 0.15) is 5.75 Å². The first-order valence-electron chi connectivity index (χ1n) is 6.99. The van der Waals surface area contributed by atoms with Crippen molar-refractivity contribution in [3.05, 3.63) is 41.5 Å². The van der Waals surface area contributed by atoms with Crippen molar-refractivity contribution >= 4 is 0 Å². The SMILES string of the molecule is CC(C)Oc1ccc(C(N)c2noc(C3CC3)n2)cc1. The van der Waals surface area contributed by atoms with Crippen LogP contribution in [0.5, 0.6) is 5.75 Å². The summed E-state index contributed by atoms with van der Waals surface area (Å²) in [6.07, 6.45) is 2.43. The maximum atomic E-state index is 6.18. The van der Waals surface area contributed by atoms with Gasteiger partial charge in [-0.3, -0.25) is 0 Å².